The Kier molecular flexibility index (Phi) is 7.09. The molecule has 8 nitrogen and oxygen atoms in total. The maximum absolute atomic E-state index is 12.8. The zero-order chi connectivity index (χ0) is 22.5. The van der Waals surface area contributed by atoms with Gasteiger partial charge in [-0.05, 0) is 55.5 Å². The van der Waals surface area contributed by atoms with Crippen LogP contribution in [0.2, 0.25) is 5.02 Å². The van der Waals surface area contributed by atoms with E-state index in [1.54, 1.807) is 55.5 Å². The molecule has 10 heteroatoms. The molecule has 0 saturated carbocycles. The third-order valence-electron chi connectivity index (χ3n) is 4.68. The summed E-state index contributed by atoms with van der Waals surface area (Å²) in [5.74, 6) is -0.643. The van der Waals surface area contributed by atoms with Gasteiger partial charge in [-0.15, -0.1) is 0 Å². The van der Waals surface area contributed by atoms with E-state index >= 15 is 0 Å². The van der Waals surface area contributed by atoms with Gasteiger partial charge in [0.1, 0.15) is 11.8 Å². The third kappa shape index (κ3) is 5.12. The number of benzene rings is 2. The Hall–Kier alpha value is -3.17. The van der Waals surface area contributed by atoms with Crippen molar-refractivity contribution >= 4 is 52.3 Å². The summed E-state index contributed by atoms with van der Waals surface area (Å²) in [7, 11) is 1.53. The molecule has 1 aliphatic rings. The second-order valence-electron chi connectivity index (χ2n) is 6.68. The minimum atomic E-state index is -0.964. The standard InChI is InChI=1S/C21H21ClN4O4S/c1-3-25-20(29)17(12-18(27)23-15-5-4-6-16(11-15)30-2)26(21(25)31)24-19(28)13-7-9-14(22)10-8-13/h4-11,17H,3,12H2,1-2H3,(H,23,27)(H,24,28). The molecule has 0 aromatic heterocycles. The number of nitrogens with zero attached hydrogens (tertiary/aromatic N) is 2. The molecule has 0 bridgehead atoms. The summed E-state index contributed by atoms with van der Waals surface area (Å²) in [5, 5.41) is 4.63. The number of anilines is 1. The van der Waals surface area contributed by atoms with E-state index in [9.17, 15) is 14.4 Å². The van der Waals surface area contributed by atoms with E-state index in [2.05, 4.69) is 10.7 Å². The predicted octanol–water partition coefficient (Wildman–Crippen LogP) is 2.84. The summed E-state index contributed by atoms with van der Waals surface area (Å²) >= 11 is 11.2. The van der Waals surface area contributed by atoms with E-state index in [-0.39, 0.29) is 17.4 Å². The minimum Gasteiger partial charge on any atom is -0.497 e. The number of likely N-dealkylation sites (N-methyl/N-ethyl adjacent to an activating group) is 1. The molecule has 2 N–H and O–H groups in total. The van der Waals surface area contributed by atoms with Gasteiger partial charge in [-0.1, -0.05) is 17.7 Å². The second kappa shape index (κ2) is 9.76. The molecule has 162 valence electrons. The molecule has 1 saturated heterocycles. The van der Waals surface area contributed by atoms with E-state index in [1.165, 1.54) is 17.0 Å². The molecule has 1 heterocycles. The first-order chi connectivity index (χ1) is 14.8. The Morgan fingerprint density at radius 1 is 1.19 bits per heavy atom. The Bertz CT molecular complexity index is 1010. The molecule has 1 aliphatic heterocycles. The van der Waals surface area contributed by atoms with Crippen molar-refractivity contribution in [1.82, 2.24) is 15.3 Å². The van der Waals surface area contributed by atoms with Crippen molar-refractivity contribution in [3.8, 4) is 5.75 Å². The van der Waals surface area contributed by atoms with Crippen LogP contribution in [0.15, 0.2) is 48.5 Å². The smallest absolute Gasteiger partial charge is 0.269 e. The van der Waals surface area contributed by atoms with Crippen molar-refractivity contribution in [3.63, 3.8) is 0 Å². The second-order valence-corrected chi connectivity index (χ2v) is 7.48. The summed E-state index contributed by atoms with van der Waals surface area (Å²) < 4.78 is 5.15. The molecule has 2 aromatic carbocycles. The van der Waals surface area contributed by atoms with Crippen LogP contribution in [0.3, 0.4) is 0 Å². The van der Waals surface area contributed by atoms with E-state index in [1.807, 2.05) is 0 Å². The monoisotopic (exact) mass is 460 g/mol. The molecule has 1 fully saturated rings. The van der Waals surface area contributed by atoms with Gasteiger partial charge in [0, 0.05) is 28.9 Å². The Morgan fingerprint density at radius 3 is 2.55 bits per heavy atom. The molecule has 1 atom stereocenters. The van der Waals surface area contributed by atoms with Crippen LogP contribution in [0.25, 0.3) is 0 Å². The number of amides is 3. The third-order valence-corrected chi connectivity index (χ3v) is 5.35. The molecule has 1 unspecified atom stereocenters. The average Bonchev–Trinajstić information content (AvgIpc) is 2.97. The number of halogens is 1. The van der Waals surface area contributed by atoms with Crippen molar-refractivity contribution in [1.29, 1.82) is 0 Å². The minimum absolute atomic E-state index is 0.133. The van der Waals surface area contributed by atoms with Crippen LogP contribution < -0.4 is 15.5 Å². The van der Waals surface area contributed by atoms with Crippen LogP contribution in [-0.2, 0) is 9.59 Å². The van der Waals surface area contributed by atoms with Gasteiger partial charge in [0.05, 0.1) is 13.5 Å². The van der Waals surface area contributed by atoms with Crippen LogP contribution in [0.1, 0.15) is 23.7 Å². The maximum atomic E-state index is 12.8. The first-order valence-corrected chi connectivity index (χ1v) is 10.3. The number of hydrazine groups is 1. The Morgan fingerprint density at radius 2 is 1.90 bits per heavy atom. The molecule has 3 rings (SSSR count). The lowest BCUT2D eigenvalue weighted by molar-refractivity contribution is -0.130. The molecular formula is C21H21ClN4O4S. The van der Waals surface area contributed by atoms with E-state index in [0.29, 0.717) is 28.6 Å². The van der Waals surface area contributed by atoms with E-state index in [4.69, 9.17) is 28.6 Å². The number of hydrogen-bond acceptors (Lipinski definition) is 5. The normalized spacial score (nSPS) is 15.8. The highest BCUT2D eigenvalue weighted by atomic mass is 35.5. The SMILES string of the molecule is CCN1C(=O)C(CC(=O)Nc2cccc(OC)c2)N(NC(=O)c2ccc(Cl)cc2)C1=S. The number of thiocarbonyl (C=S) groups is 1. The highest BCUT2D eigenvalue weighted by Gasteiger charge is 2.43. The lowest BCUT2D eigenvalue weighted by Gasteiger charge is -2.24. The van der Waals surface area contributed by atoms with Gasteiger partial charge >= 0.3 is 0 Å². The molecule has 0 radical (unpaired) electrons. The first-order valence-electron chi connectivity index (χ1n) is 9.49. The van der Waals surface area contributed by atoms with Crippen LogP contribution in [0, 0.1) is 0 Å². The zero-order valence-electron chi connectivity index (χ0n) is 16.9. The Balaban J connectivity index is 1.75. The number of hydrogen-bond donors (Lipinski definition) is 2. The Labute approximate surface area is 190 Å². The molecular weight excluding hydrogens is 440 g/mol. The van der Waals surface area contributed by atoms with Gasteiger partial charge in [-0.25, -0.2) is 5.01 Å². The van der Waals surface area contributed by atoms with E-state index in [0.717, 1.165) is 0 Å². The summed E-state index contributed by atoms with van der Waals surface area (Å²) in [4.78, 5) is 39.5. The number of carbonyl (C=O) groups excluding carboxylic acids is 3. The van der Waals surface area contributed by atoms with Gasteiger partial charge in [-0.3, -0.25) is 24.7 Å². The van der Waals surface area contributed by atoms with Gasteiger partial charge in [-0.2, -0.15) is 0 Å². The van der Waals surface area contributed by atoms with Crippen molar-refractivity contribution in [3.05, 3.63) is 59.1 Å². The molecule has 31 heavy (non-hydrogen) atoms. The lowest BCUT2D eigenvalue weighted by atomic mass is 10.1. The van der Waals surface area contributed by atoms with Crippen LogP contribution in [0.5, 0.6) is 5.75 Å². The van der Waals surface area contributed by atoms with Crippen molar-refractivity contribution in [2.24, 2.45) is 0 Å². The maximum Gasteiger partial charge on any atom is 0.269 e. The van der Waals surface area contributed by atoms with Crippen molar-refractivity contribution < 1.29 is 19.1 Å². The highest BCUT2D eigenvalue weighted by molar-refractivity contribution is 7.80. The van der Waals surface area contributed by atoms with Gasteiger partial charge in [0.25, 0.3) is 11.8 Å². The summed E-state index contributed by atoms with van der Waals surface area (Å²) in [6, 6.07) is 12.2. The van der Waals surface area contributed by atoms with Crippen molar-refractivity contribution in [2.75, 3.05) is 19.0 Å². The fraction of sp³-hybridized carbons (Fsp3) is 0.238. The highest BCUT2D eigenvalue weighted by Crippen LogP contribution is 2.21. The number of nitrogens with one attached hydrogen (secondary N) is 2. The van der Waals surface area contributed by atoms with Crippen LogP contribution in [0.4, 0.5) is 5.69 Å². The largest absolute Gasteiger partial charge is 0.497 e. The number of rotatable bonds is 7. The quantitative estimate of drug-likeness (QED) is 0.617. The molecule has 2 aromatic rings. The number of methoxy groups -OCH3 is 1. The first kappa shape index (κ1) is 22.5. The fourth-order valence-electron chi connectivity index (χ4n) is 3.11. The molecule has 0 spiro atoms. The number of carbonyl (C=O) groups is 3. The van der Waals surface area contributed by atoms with Crippen LogP contribution >= 0.6 is 23.8 Å². The molecule has 0 aliphatic carbocycles. The van der Waals surface area contributed by atoms with Crippen LogP contribution in [-0.4, -0.2) is 52.4 Å². The summed E-state index contributed by atoms with van der Waals surface area (Å²) in [6.45, 7) is 2.08. The number of ether oxygens (including phenoxy) is 1. The lowest BCUT2D eigenvalue weighted by Crippen LogP contribution is -2.49. The fourth-order valence-corrected chi connectivity index (χ4v) is 3.62. The van der Waals surface area contributed by atoms with Gasteiger partial charge in [0.15, 0.2) is 5.11 Å². The van der Waals surface area contributed by atoms with E-state index < -0.39 is 17.9 Å². The zero-order valence-corrected chi connectivity index (χ0v) is 18.5. The topological polar surface area (TPSA) is 91.0 Å². The average molecular weight is 461 g/mol. The van der Waals surface area contributed by atoms with Gasteiger partial charge in [0.2, 0.25) is 5.91 Å². The summed E-state index contributed by atoms with van der Waals surface area (Å²) in [5.41, 5.74) is 3.52. The van der Waals surface area contributed by atoms with Gasteiger partial charge < -0.3 is 10.1 Å². The summed E-state index contributed by atoms with van der Waals surface area (Å²) in [6.07, 6.45) is -0.201. The molecule has 3 amide bonds. The predicted molar refractivity (Wildman–Crippen MR) is 121 cm³/mol. The van der Waals surface area contributed by atoms with Crippen molar-refractivity contribution in [2.45, 2.75) is 19.4 Å².